The van der Waals surface area contributed by atoms with Gasteiger partial charge in [-0.3, -0.25) is 0 Å². The molecule has 1 aliphatic rings. The summed E-state index contributed by atoms with van der Waals surface area (Å²) in [5.74, 6) is -0.426. The molecule has 0 aromatic heterocycles. The van der Waals surface area contributed by atoms with Gasteiger partial charge in [0.2, 0.25) is 0 Å². The van der Waals surface area contributed by atoms with Crippen LogP contribution in [0, 0.1) is 5.82 Å². The van der Waals surface area contributed by atoms with Crippen LogP contribution in [0.2, 0.25) is 0 Å². The molecular formula is C11H15BFNO3. The van der Waals surface area contributed by atoms with Crippen LogP contribution in [-0.4, -0.2) is 43.0 Å². The second kappa shape index (κ2) is 5.60. The second-order valence-electron chi connectivity index (χ2n) is 4.13. The second-order valence-corrected chi connectivity index (χ2v) is 4.13. The van der Waals surface area contributed by atoms with E-state index < -0.39 is 12.9 Å². The summed E-state index contributed by atoms with van der Waals surface area (Å²) in [4.78, 5) is 0. The van der Waals surface area contributed by atoms with Crippen molar-refractivity contribution in [1.29, 1.82) is 0 Å². The zero-order chi connectivity index (χ0) is 12.3. The summed E-state index contributed by atoms with van der Waals surface area (Å²) >= 11 is 0. The Kier molecular flexibility index (Phi) is 4.12. The zero-order valence-electron chi connectivity index (χ0n) is 9.40. The van der Waals surface area contributed by atoms with Crippen LogP contribution in [0.1, 0.15) is 5.56 Å². The molecule has 1 heterocycles. The number of ether oxygens (including phenoxy) is 1. The average Bonchev–Trinajstić information content (AvgIpc) is 2.33. The lowest BCUT2D eigenvalue weighted by Gasteiger charge is -2.23. The summed E-state index contributed by atoms with van der Waals surface area (Å²) < 4.78 is 19.2. The number of nitrogens with one attached hydrogen (secondary N) is 1. The topological polar surface area (TPSA) is 61.7 Å². The molecule has 1 aromatic carbocycles. The summed E-state index contributed by atoms with van der Waals surface area (Å²) in [7, 11) is -1.63. The summed E-state index contributed by atoms with van der Waals surface area (Å²) in [6.45, 7) is 2.18. The van der Waals surface area contributed by atoms with Gasteiger partial charge in [-0.05, 0) is 17.1 Å². The Balaban J connectivity index is 2.05. The van der Waals surface area contributed by atoms with Crippen molar-refractivity contribution in [3.63, 3.8) is 0 Å². The first kappa shape index (κ1) is 12.5. The molecule has 0 radical (unpaired) electrons. The number of morpholine rings is 1. The normalized spacial score (nSPS) is 20.3. The van der Waals surface area contributed by atoms with E-state index in [1.54, 1.807) is 6.07 Å². The van der Waals surface area contributed by atoms with Gasteiger partial charge in [0.05, 0.1) is 12.7 Å². The van der Waals surface area contributed by atoms with Crippen LogP contribution in [0.3, 0.4) is 0 Å². The number of halogens is 1. The molecule has 0 amide bonds. The van der Waals surface area contributed by atoms with Gasteiger partial charge < -0.3 is 20.1 Å². The van der Waals surface area contributed by atoms with Crippen LogP contribution < -0.4 is 10.8 Å². The average molecular weight is 239 g/mol. The van der Waals surface area contributed by atoms with Gasteiger partial charge in [0.25, 0.3) is 0 Å². The third-order valence-corrected chi connectivity index (χ3v) is 2.83. The van der Waals surface area contributed by atoms with Crippen LogP contribution in [-0.2, 0) is 11.2 Å². The first-order valence-electron chi connectivity index (χ1n) is 5.63. The molecular weight excluding hydrogens is 224 g/mol. The highest BCUT2D eigenvalue weighted by Gasteiger charge is 2.18. The molecule has 92 valence electrons. The van der Waals surface area contributed by atoms with Gasteiger partial charge in [0.15, 0.2) is 0 Å². The van der Waals surface area contributed by atoms with E-state index >= 15 is 0 Å². The highest BCUT2D eigenvalue weighted by Crippen LogP contribution is 2.11. The molecule has 0 saturated carbocycles. The monoisotopic (exact) mass is 239 g/mol. The Labute approximate surface area is 99.6 Å². The van der Waals surface area contributed by atoms with E-state index in [1.807, 2.05) is 0 Å². The molecule has 3 N–H and O–H groups in total. The van der Waals surface area contributed by atoms with Gasteiger partial charge in [-0.1, -0.05) is 12.1 Å². The molecule has 0 bridgehead atoms. The van der Waals surface area contributed by atoms with Gasteiger partial charge in [0, 0.05) is 19.5 Å². The van der Waals surface area contributed by atoms with Crippen molar-refractivity contribution in [2.75, 3.05) is 19.7 Å². The van der Waals surface area contributed by atoms with E-state index in [4.69, 9.17) is 14.8 Å². The van der Waals surface area contributed by atoms with Crippen molar-refractivity contribution in [2.24, 2.45) is 0 Å². The number of benzene rings is 1. The molecule has 1 aromatic rings. The van der Waals surface area contributed by atoms with Crippen LogP contribution in [0.15, 0.2) is 18.2 Å². The van der Waals surface area contributed by atoms with Gasteiger partial charge >= 0.3 is 7.12 Å². The van der Waals surface area contributed by atoms with Crippen molar-refractivity contribution in [1.82, 2.24) is 5.32 Å². The fourth-order valence-corrected chi connectivity index (χ4v) is 1.89. The van der Waals surface area contributed by atoms with Crippen LogP contribution in [0.4, 0.5) is 4.39 Å². The molecule has 1 aliphatic heterocycles. The maximum Gasteiger partial charge on any atom is 0.488 e. The van der Waals surface area contributed by atoms with Crippen molar-refractivity contribution < 1.29 is 19.2 Å². The molecule has 0 spiro atoms. The summed E-state index contributed by atoms with van der Waals surface area (Å²) in [5.41, 5.74) is 0.692. The van der Waals surface area contributed by atoms with Crippen LogP contribution in [0.25, 0.3) is 0 Å². The largest absolute Gasteiger partial charge is 0.488 e. The van der Waals surface area contributed by atoms with Crippen molar-refractivity contribution >= 4 is 12.6 Å². The van der Waals surface area contributed by atoms with Gasteiger partial charge in [-0.25, -0.2) is 4.39 Å². The Bertz CT molecular complexity index is 383. The number of rotatable bonds is 3. The van der Waals surface area contributed by atoms with E-state index in [-0.39, 0.29) is 11.6 Å². The summed E-state index contributed by atoms with van der Waals surface area (Å²) in [6.07, 6.45) is 0.462. The van der Waals surface area contributed by atoms with Gasteiger partial charge in [-0.2, -0.15) is 0 Å². The molecule has 1 atom stereocenters. The lowest BCUT2D eigenvalue weighted by atomic mass is 9.79. The number of hydrogen-bond donors (Lipinski definition) is 3. The van der Waals surface area contributed by atoms with Crippen molar-refractivity contribution in [3.05, 3.63) is 29.6 Å². The Morgan fingerprint density at radius 2 is 2.29 bits per heavy atom. The fraction of sp³-hybridized carbons (Fsp3) is 0.455. The smallest absolute Gasteiger partial charge is 0.423 e. The lowest BCUT2D eigenvalue weighted by Crippen LogP contribution is -2.39. The Morgan fingerprint density at radius 3 is 2.88 bits per heavy atom. The molecule has 1 fully saturated rings. The first-order chi connectivity index (χ1) is 8.16. The molecule has 1 unspecified atom stereocenters. The molecule has 6 heteroatoms. The molecule has 17 heavy (non-hydrogen) atoms. The summed E-state index contributed by atoms with van der Waals surface area (Å²) in [5, 5.41) is 21.0. The zero-order valence-corrected chi connectivity index (χ0v) is 9.40. The van der Waals surface area contributed by atoms with Crippen molar-refractivity contribution in [2.45, 2.75) is 12.5 Å². The minimum atomic E-state index is -1.63. The Morgan fingerprint density at radius 1 is 1.47 bits per heavy atom. The third kappa shape index (κ3) is 3.26. The lowest BCUT2D eigenvalue weighted by molar-refractivity contribution is 0.0287. The molecule has 4 nitrogen and oxygen atoms in total. The SMILES string of the molecule is OB(O)c1ccc(CC2CNCCO2)c(F)c1. The van der Waals surface area contributed by atoms with Gasteiger partial charge in [-0.15, -0.1) is 0 Å². The van der Waals surface area contributed by atoms with Crippen LogP contribution >= 0.6 is 0 Å². The van der Waals surface area contributed by atoms with Gasteiger partial charge in [0.1, 0.15) is 5.82 Å². The predicted octanol–water partition coefficient (Wildman–Crippen LogP) is -0.964. The van der Waals surface area contributed by atoms with E-state index in [0.29, 0.717) is 25.1 Å². The standard InChI is InChI=1S/C11H15BFNO3/c13-11-6-9(12(15)16)2-1-8(11)5-10-7-14-3-4-17-10/h1-2,6,10,14-16H,3-5,7H2. The third-order valence-electron chi connectivity index (χ3n) is 2.83. The molecule has 2 rings (SSSR count). The minimum absolute atomic E-state index is 0.0249. The molecule has 0 aliphatic carbocycles. The van der Waals surface area contributed by atoms with E-state index in [9.17, 15) is 4.39 Å². The number of hydrogen-bond acceptors (Lipinski definition) is 4. The first-order valence-corrected chi connectivity index (χ1v) is 5.63. The van der Waals surface area contributed by atoms with Crippen LogP contribution in [0.5, 0.6) is 0 Å². The summed E-state index contributed by atoms with van der Waals surface area (Å²) in [6, 6.07) is 4.23. The quantitative estimate of drug-likeness (QED) is 0.594. The highest BCUT2D eigenvalue weighted by atomic mass is 19.1. The van der Waals surface area contributed by atoms with E-state index in [1.165, 1.54) is 6.07 Å². The maximum absolute atomic E-state index is 13.7. The maximum atomic E-state index is 13.7. The minimum Gasteiger partial charge on any atom is -0.423 e. The Hall–Kier alpha value is -0.945. The van der Waals surface area contributed by atoms with E-state index in [2.05, 4.69) is 5.32 Å². The fourth-order valence-electron chi connectivity index (χ4n) is 1.89. The van der Waals surface area contributed by atoms with E-state index in [0.717, 1.165) is 12.6 Å². The predicted molar refractivity (Wildman–Crippen MR) is 62.5 cm³/mol. The molecule has 1 saturated heterocycles. The highest BCUT2D eigenvalue weighted by molar-refractivity contribution is 6.58. The van der Waals surface area contributed by atoms with Crippen molar-refractivity contribution in [3.8, 4) is 0 Å².